The second kappa shape index (κ2) is 3.69. The molecule has 2 nitrogen and oxygen atoms in total. The Morgan fingerprint density at radius 1 is 1.23 bits per heavy atom. The smallest absolute Gasteiger partial charge is 0.309 e. The molecule has 0 spiro atoms. The van der Waals surface area contributed by atoms with Crippen LogP contribution in [0.4, 0.5) is 0 Å². The molecule has 2 bridgehead atoms. The number of carbonyl (C=O) groups excluding carboxylic acids is 1. The molecule has 2 rings (SSSR count). The first kappa shape index (κ1) is 9.04. The molecule has 0 N–H and O–H groups in total. The van der Waals surface area contributed by atoms with Crippen LogP contribution in [0.1, 0.15) is 39.0 Å². The summed E-state index contributed by atoms with van der Waals surface area (Å²) in [4.78, 5) is 11.6. The van der Waals surface area contributed by atoms with E-state index in [2.05, 4.69) is 0 Å². The zero-order valence-corrected chi connectivity index (χ0v) is 8.29. The molecule has 2 fully saturated rings. The van der Waals surface area contributed by atoms with Crippen LogP contribution < -0.4 is 0 Å². The maximum Gasteiger partial charge on any atom is 0.309 e. The van der Waals surface area contributed by atoms with Crippen LogP contribution in [0.15, 0.2) is 0 Å². The van der Waals surface area contributed by atoms with Gasteiger partial charge in [0.1, 0.15) is 0 Å². The van der Waals surface area contributed by atoms with Crippen molar-refractivity contribution < 1.29 is 9.53 Å². The topological polar surface area (TPSA) is 26.3 Å². The fourth-order valence-corrected chi connectivity index (χ4v) is 3.09. The molecule has 74 valence electrons. The van der Waals surface area contributed by atoms with E-state index in [-0.39, 0.29) is 11.9 Å². The Morgan fingerprint density at radius 2 is 1.85 bits per heavy atom. The first-order valence-electron chi connectivity index (χ1n) is 5.49. The van der Waals surface area contributed by atoms with Crippen molar-refractivity contribution in [3.63, 3.8) is 0 Å². The third kappa shape index (κ3) is 1.59. The van der Waals surface area contributed by atoms with Crippen LogP contribution in [0.25, 0.3) is 0 Å². The highest BCUT2D eigenvalue weighted by molar-refractivity contribution is 5.73. The highest BCUT2D eigenvalue weighted by atomic mass is 16.5. The third-order valence-corrected chi connectivity index (χ3v) is 3.63. The SMILES string of the molecule is CCOC(=O)C1C2CCCC1CC2. The van der Waals surface area contributed by atoms with E-state index < -0.39 is 0 Å². The van der Waals surface area contributed by atoms with Crippen molar-refractivity contribution in [2.75, 3.05) is 6.61 Å². The maximum absolute atomic E-state index is 11.6. The Kier molecular flexibility index (Phi) is 2.56. The molecule has 0 saturated heterocycles. The van der Waals surface area contributed by atoms with Gasteiger partial charge in [-0.15, -0.1) is 0 Å². The Balaban J connectivity index is 2.02. The van der Waals surface area contributed by atoms with E-state index in [0.717, 1.165) is 0 Å². The summed E-state index contributed by atoms with van der Waals surface area (Å²) < 4.78 is 5.12. The second-order valence-electron chi connectivity index (χ2n) is 4.31. The van der Waals surface area contributed by atoms with E-state index >= 15 is 0 Å². The van der Waals surface area contributed by atoms with E-state index in [1.807, 2.05) is 6.92 Å². The van der Waals surface area contributed by atoms with Gasteiger partial charge in [-0.25, -0.2) is 0 Å². The summed E-state index contributed by atoms with van der Waals surface area (Å²) in [6.45, 7) is 2.43. The number of carbonyl (C=O) groups is 1. The molecule has 0 heterocycles. The molecule has 2 aliphatic carbocycles. The lowest BCUT2D eigenvalue weighted by Crippen LogP contribution is -2.29. The van der Waals surface area contributed by atoms with Gasteiger partial charge in [-0.2, -0.15) is 0 Å². The van der Waals surface area contributed by atoms with Gasteiger partial charge in [0.15, 0.2) is 0 Å². The third-order valence-electron chi connectivity index (χ3n) is 3.63. The fraction of sp³-hybridized carbons (Fsp3) is 0.909. The Bertz CT molecular complexity index is 184. The molecule has 13 heavy (non-hydrogen) atoms. The lowest BCUT2D eigenvalue weighted by molar-refractivity contribution is -0.151. The van der Waals surface area contributed by atoms with Crippen LogP contribution >= 0.6 is 0 Å². The van der Waals surface area contributed by atoms with Crippen LogP contribution in [0.5, 0.6) is 0 Å². The van der Waals surface area contributed by atoms with E-state index in [4.69, 9.17) is 4.74 Å². The van der Waals surface area contributed by atoms with Crippen molar-refractivity contribution in [3.05, 3.63) is 0 Å². The number of hydrogen-bond donors (Lipinski definition) is 0. The quantitative estimate of drug-likeness (QED) is 0.613. The Morgan fingerprint density at radius 3 is 2.38 bits per heavy atom. The van der Waals surface area contributed by atoms with Gasteiger partial charge in [0, 0.05) is 0 Å². The molecule has 2 heteroatoms. The summed E-state index contributed by atoms with van der Waals surface area (Å²) in [6.07, 6.45) is 6.34. The van der Waals surface area contributed by atoms with Gasteiger partial charge in [0.05, 0.1) is 12.5 Å². The normalized spacial score (nSPS) is 37.5. The van der Waals surface area contributed by atoms with E-state index in [0.29, 0.717) is 18.4 Å². The number of hydrogen-bond acceptors (Lipinski definition) is 2. The molecule has 2 saturated carbocycles. The Hall–Kier alpha value is -0.530. The summed E-state index contributed by atoms with van der Waals surface area (Å²) in [5.41, 5.74) is 0. The predicted octanol–water partition coefficient (Wildman–Crippen LogP) is 2.38. The minimum atomic E-state index is 0.0784. The number of esters is 1. The minimum absolute atomic E-state index is 0.0784. The van der Waals surface area contributed by atoms with E-state index in [9.17, 15) is 4.79 Å². The molecule has 0 aliphatic heterocycles. The molecular formula is C11H18O2. The first-order valence-corrected chi connectivity index (χ1v) is 5.49. The van der Waals surface area contributed by atoms with Gasteiger partial charge in [-0.3, -0.25) is 4.79 Å². The zero-order valence-electron chi connectivity index (χ0n) is 8.29. The van der Waals surface area contributed by atoms with Crippen LogP contribution in [-0.4, -0.2) is 12.6 Å². The molecule has 0 amide bonds. The van der Waals surface area contributed by atoms with Gasteiger partial charge in [0.25, 0.3) is 0 Å². The van der Waals surface area contributed by atoms with Gasteiger partial charge in [-0.05, 0) is 44.4 Å². The molecule has 0 aromatic rings. The summed E-state index contributed by atoms with van der Waals surface area (Å²) >= 11 is 0. The van der Waals surface area contributed by atoms with Crippen molar-refractivity contribution in [2.45, 2.75) is 39.0 Å². The van der Waals surface area contributed by atoms with Crippen molar-refractivity contribution in [1.29, 1.82) is 0 Å². The number of fused-ring (bicyclic) bond motifs is 2. The van der Waals surface area contributed by atoms with Crippen molar-refractivity contribution in [1.82, 2.24) is 0 Å². The highest BCUT2D eigenvalue weighted by Crippen LogP contribution is 2.47. The monoisotopic (exact) mass is 182 g/mol. The van der Waals surface area contributed by atoms with Crippen molar-refractivity contribution in [2.24, 2.45) is 17.8 Å². The molecule has 0 radical (unpaired) electrons. The van der Waals surface area contributed by atoms with Gasteiger partial charge in [0.2, 0.25) is 0 Å². The summed E-state index contributed by atoms with van der Waals surface area (Å²) in [5.74, 6) is 1.64. The molecule has 0 aromatic heterocycles. The van der Waals surface area contributed by atoms with E-state index in [1.54, 1.807) is 0 Å². The number of ether oxygens (including phenoxy) is 1. The fourth-order valence-electron chi connectivity index (χ4n) is 3.09. The van der Waals surface area contributed by atoms with Crippen LogP contribution in [0, 0.1) is 17.8 Å². The standard InChI is InChI=1S/C11H18O2/c1-2-13-11(12)10-8-4-3-5-9(10)7-6-8/h8-10H,2-7H2,1H3. The zero-order chi connectivity index (χ0) is 9.26. The molecule has 2 unspecified atom stereocenters. The molecule has 0 aromatic carbocycles. The van der Waals surface area contributed by atoms with Crippen LogP contribution in [0.2, 0.25) is 0 Å². The van der Waals surface area contributed by atoms with Crippen LogP contribution in [0.3, 0.4) is 0 Å². The lowest BCUT2D eigenvalue weighted by atomic mass is 9.79. The largest absolute Gasteiger partial charge is 0.466 e. The second-order valence-corrected chi connectivity index (χ2v) is 4.31. The van der Waals surface area contributed by atoms with Crippen LogP contribution in [-0.2, 0) is 9.53 Å². The number of rotatable bonds is 2. The molecular weight excluding hydrogens is 164 g/mol. The lowest BCUT2D eigenvalue weighted by Gasteiger charge is -2.27. The molecule has 2 aliphatic rings. The maximum atomic E-state index is 11.6. The Labute approximate surface area is 79.7 Å². The summed E-state index contributed by atoms with van der Waals surface area (Å²) in [5, 5.41) is 0. The van der Waals surface area contributed by atoms with Gasteiger partial charge >= 0.3 is 5.97 Å². The minimum Gasteiger partial charge on any atom is -0.466 e. The average Bonchev–Trinajstić information content (AvgIpc) is 2.37. The average molecular weight is 182 g/mol. The van der Waals surface area contributed by atoms with Crippen molar-refractivity contribution >= 4 is 5.97 Å². The van der Waals surface area contributed by atoms with Gasteiger partial charge < -0.3 is 4.74 Å². The van der Waals surface area contributed by atoms with E-state index in [1.165, 1.54) is 32.1 Å². The van der Waals surface area contributed by atoms with Gasteiger partial charge in [-0.1, -0.05) is 6.42 Å². The molecule has 2 atom stereocenters. The van der Waals surface area contributed by atoms with Crippen molar-refractivity contribution in [3.8, 4) is 0 Å². The predicted molar refractivity (Wildman–Crippen MR) is 50.2 cm³/mol. The summed E-state index contributed by atoms with van der Waals surface area (Å²) in [7, 11) is 0. The first-order chi connectivity index (χ1) is 6.33. The summed E-state index contributed by atoms with van der Waals surface area (Å²) in [6, 6.07) is 0. The highest BCUT2D eigenvalue weighted by Gasteiger charge is 2.43.